The average molecular weight is 1230 g/mol. The van der Waals surface area contributed by atoms with Gasteiger partial charge in [0, 0.05) is 12.8 Å². The van der Waals surface area contributed by atoms with E-state index in [2.05, 4.69) is 31.3 Å². The Bertz CT molecular complexity index is 1320. The highest BCUT2D eigenvalue weighted by Crippen LogP contribution is 2.21. The van der Waals surface area contributed by atoms with Crippen LogP contribution >= 0.6 is 0 Å². The second-order valence-corrected chi connectivity index (χ2v) is 28.1. The zero-order valence-electron chi connectivity index (χ0n) is 59.5. The largest absolute Gasteiger partial charge is 0.466 e. The van der Waals surface area contributed by atoms with Gasteiger partial charge in [0.15, 0.2) is 0 Å². The molecule has 0 aliphatic heterocycles. The Hall–Kier alpha value is -1.40. The van der Waals surface area contributed by atoms with Crippen molar-refractivity contribution in [2.75, 3.05) is 13.2 Å². The summed E-state index contributed by atoms with van der Waals surface area (Å²) in [4.78, 5) is 24.7. The first-order valence-corrected chi connectivity index (χ1v) is 40.4. The lowest BCUT2D eigenvalue weighted by atomic mass is 10.0. The molecule has 1 amide bonds. The maximum absolute atomic E-state index is 12.6. The van der Waals surface area contributed by atoms with Crippen LogP contribution in [0.15, 0.2) is 12.2 Å². The number of allylic oxidation sites excluding steroid dienone is 2. The average Bonchev–Trinajstić information content (AvgIpc) is 3.53. The molecule has 3 N–H and O–H groups in total. The number of carbonyl (C=O) groups excluding carboxylic acids is 2. The van der Waals surface area contributed by atoms with Gasteiger partial charge in [0.05, 0.1) is 25.4 Å². The quantitative estimate of drug-likeness (QED) is 0.0320. The first-order valence-electron chi connectivity index (χ1n) is 40.4. The fourth-order valence-corrected chi connectivity index (χ4v) is 13.2. The highest BCUT2D eigenvalue weighted by atomic mass is 16.5. The maximum Gasteiger partial charge on any atom is 0.305 e. The second-order valence-electron chi connectivity index (χ2n) is 28.1. The fourth-order valence-electron chi connectivity index (χ4n) is 13.2. The summed E-state index contributed by atoms with van der Waals surface area (Å²) in [5, 5.41) is 23.5. The first kappa shape index (κ1) is 85.6. The highest BCUT2D eigenvalue weighted by molar-refractivity contribution is 5.76. The molecule has 0 heterocycles. The number of amides is 1. The van der Waals surface area contributed by atoms with Gasteiger partial charge in [-0.3, -0.25) is 9.59 Å². The summed E-state index contributed by atoms with van der Waals surface area (Å²) in [6.45, 7) is 5.01. The van der Waals surface area contributed by atoms with Crippen LogP contribution < -0.4 is 5.32 Å². The molecule has 518 valence electrons. The number of carbonyl (C=O) groups is 2. The fraction of sp³-hybridized carbons (Fsp3) is 0.951. The first-order chi connectivity index (χ1) is 43.0. The topological polar surface area (TPSA) is 95.9 Å². The molecule has 0 saturated carbocycles. The lowest BCUT2D eigenvalue weighted by Gasteiger charge is -2.22. The summed E-state index contributed by atoms with van der Waals surface area (Å²) in [7, 11) is 0. The normalized spacial score (nSPS) is 12.5. The van der Waals surface area contributed by atoms with Crippen LogP contribution in [0, 0.1) is 0 Å². The monoisotopic (exact) mass is 1230 g/mol. The summed E-state index contributed by atoms with van der Waals surface area (Å²) in [6, 6.07) is -0.539. The van der Waals surface area contributed by atoms with Gasteiger partial charge < -0.3 is 20.3 Å². The van der Waals surface area contributed by atoms with Crippen LogP contribution in [0.2, 0.25) is 0 Å². The SMILES string of the molecule is CCCCCCCCC/C=C\CCCCCCCC(=O)OCCCCCCCCCCCCCCCCCCCCCCCCCCCCCCCCCCC(=O)NC(CO)C(O)CCCCCCCCCCCCCCCCCCCCCCCC. The molecule has 0 aliphatic carbocycles. The number of ether oxygens (including phenoxy) is 1. The third kappa shape index (κ3) is 73.5. The molecule has 0 radical (unpaired) electrons. The molecule has 2 unspecified atom stereocenters. The van der Waals surface area contributed by atoms with Crippen molar-refractivity contribution in [2.45, 2.75) is 482 Å². The van der Waals surface area contributed by atoms with Gasteiger partial charge in [-0.1, -0.05) is 418 Å². The summed E-state index contributed by atoms with van der Waals surface area (Å²) in [5.41, 5.74) is 0. The minimum Gasteiger partial charge on any atom is -0.466 e. The summed E-state index contributed by atoms with van der Waals surface area (Å²) in [6.07, 6.45) is 97.4. The molecule has 0 saturated heterocycles. The Morgan fingerprint density at radius 3 is 0.816 bits per heavy atom. The molecule has 0 aromatic rings. The summed E-state index contributed by atoms with van der Waals surface area (Å²) in [5.74, 6) is -0.00934. The van der Waals surface area contributed by atoms with Crippen molar-refractivity contribution in [3.05, 3.63) is 12.2 Å². The van der Waals surface area contributed by atoms with Gasteiger partial charge in [0.2, 0.25) is 5.91 Å². The zero-order valence-corrected chi connectivity index (χ0v) is 59.5. The molecule has 0 aromatic carbocycles. The molecule has 0 fully saturated rings. The van der Waals surface area contributed by atoms with Crippen molar-refractivity contribution in [3.63, 3.8) is 0 Å². The molecule has 0 bridgehead atoms. The zero-order chi connectivity index (χ0) is 62.8. The number of hydrogen-bond acceptors (Lipinski definition) is 5. The van der Waals surface area contributed by atoms with E-state index in [-0.39, 0.29) is 18.5 Å². The van der Waals surface area contributed by atoms with Crippen LogP contribution in [0.1, 0.15) is 470 Å². The predicted octanol–water partition coefficient (Wildman–Crippen LogP) is 26.7. The molecule has 0 rings (SSSR count). The molecular formula is C81H159NO5. The van der Waals surface area contributed by atoms with Crippen molar-refractivity contribution in [1.82, 2.24) is 5.32 Å². The van der Waals surface area contributed by atoms with Gasteiger partial charge in [-0.2, -0.15) is 0 Å². The molecule has 6 heteroatoms. The van der Waals surface area contributed by atoms with Gasteiger partial charge >= 0.3 is 5.97 Å². The summed E-state index contributed by atoms with van der Waals surface area (Å²) >= 11 is 0. The number of esters is 1. The summed E-state index contributed by atoms with van der Waals surface area (Å²) < 4.78 is 5.50. The van der Waals surface area contributed by atoms with Gasteiger partial charge in [-0.15, -0.1) is 0 Å². The lowest BCUT2D eigenvalue weighted by Crippen LogP contribution is -2.45. The molecule has 6 nitrogen and oxygen atoms in total. The van der Waals surface area contributed by atoms with E-state index in [1.807, 2.05) is 0 Å². The van der Waals surface area contributed by atoms with Gasteiger partial charge in [-0.05, 0) is 51.4 Å². The molecule has 0 spiro atoms. The van der Waals surface area contributed by atoms with Crippen LogP contribution in [-0.4, -0.2) is 47.4 Å². The van der Waals surface area contributed by atoms with Crippen LogP contribution in [0.3, 0.4) is 0 Å². The second kappa shape index (κ2) is 77.1. The van der Waals surface area contributed by atoms with E-state index in [4.69, 9.17) is 4.74 Å². The van der Waals surface area contributed by atoms with Crippen LogP contribution in [0.4, 0.5) is 0 Å². The Labute approximate surface area is 546 Å². The van der Waals surface area contributed by atoms with Crippen molar-refractivity contribution in [3.8, 4) is 0 Å². The molecule has 2 atom stereocenters. The molecule has 0 aliphatic rings. The van der Waals surface area contributed by atoms with E-state index < -0.39 is 12.1 Å². The number of aliphatic hydroxyl groups is 2. The molecular weight excluding hydrogens is 1070 g/mol. The van der Waals surface area contributed by atoms with Crippen LogP contribution in [-0.2, 0) is 14.3 Å². The van der Waals surface area contributed by atoms with E-state index in [0.29, 0.717) is 25.9 Å². The van der Waals surface area contributed by atoms with Crippen molar-refractivity contribution in [1.29, 1.82) is 0 Å². The molecule has 87 heavy (non-hydrogen) atoms. The van der Waals surface area contributed by atoms with Gasteiger partial charge in [0.1, 0.15) is 0 Å². The Morgan fingerprint density at radius 2 is 0.540 bits per heavy atom. The van der Waals surface area contributed by atoms with Crippen molar-refractivity contribution >= 4 is 11.9 Å². The molecule has 0 aromatic heterocycles. The van der Waals surface area contributed by atoms with Crippen LogP contribution in [0.5, 0.6) is 0 Å². The number of unbranched alkanes of at least 4 members (excludes halogenated alkanes) is 64. The smallest absolute Gasteiger partial charge is 0.305 e. The maximum atomic E-state index is 12.6. The standard InChI is InChI=1S/C81H159NO5/c1-3-5-7-9-11-13-15-17-19-21-22-23-36-39-42-45-49-53-57-61-65-69-73-79(84)78(77-83)82-80(85)74-70-66-62-58-54-50-46-43-40-37-34-32-30-28-26-24-25-27-29-31-33-35-38-41-44-48-52-56-60-64-68-72-76-87-81(86)75-71-67-63-59-55-51-47-20-18-16-14-12-10-8-6-4-2/h20,47,78-79,83-84H,3-19,21-46,48-77H2,1-2H3,(H,82,85)/b47-20-. The third-order valence-corrected chi connectivity index (χ3v) is 19.3. The van der Waals surface area contributed by atoms with Crippen molar-refractivity contribution < 1.29 is 24.5 Å². The minimum atomic E-state index is -0.662. The van der Waals surface area contributed by atoms with Gasteiger partial charge in [0.25, 0.3) is 0 Å². The number of nitrogens with one attached hydrogen (secondary N) is 1. The number of aliphatic hydroxyl groups excluding tert-OH is 2. The Kier molecular flexibility index (Phi) is 75.8. The minimum absolute atomic E-state index is 0.0152. The number of hydrogen-bond donors (Lipinski definition) is 3. The van der Waals surface area contributed by atoms with E-state index in [9.17, 15) is 19.8 Å². The van der Waals surface area contributed by atoms with Crippen molar-refractivity contribution in [2.24, 2.45) is 0 Å². The van der Waals surface area contributed by atoms with E-state index >= 15 is 0 Å². The Balaban J connectivity index is 3.32. The predicted molar refractivity (Wildman–Crippen MR) is 384 cm³/mol. The third-order valence-electron chi connectivity index (χ3n) is 19.3. The lowest BCUT2D eigenvalue weighted by molar-refractivity contribution is -0.143. The van der Waals surface area contributed by atoms with E-state index in [0.717, 1.165) is 44.9 Å². The van der Waals surface area contributed by atoms with Gasteiger partial charge in [-0.25, -0.2) is 0 Å². The Morgan fingerprint density at radius 1 is 0.310 bits per heavy atom. The van der Waals surface area contributed by atoms with E-state index in [1.54, 1.807) is 0 Å². The van der Waals surface area contributed by atoms with Crippen LogP contribution in [0.25, 0.3) is 0 Å². The van der Waals surface area contributed by atoms with E-state index in [1.165, 1.54) is 392 Å². The highest BCUT2D eigenvalue weighted by Gasteiger charge is 2.20. The number of rotatable bonds is 77.